The largest absolute Gasteiger partial charge is 0.365 e. The number of nitrogens with one attached hydrogen (secondary N) is 1. The van der Waals surface area contributed by atoms with E-state index in [1.54, 1.807) is 4.90 Å². The Bertz CT molecular complexity index is 1270. The van der Waals surface area contributed by atoms with Gasteiger partial charge in [0, 0.05) is 38.3 Å². The molecule has 0 unspecified atom stereocenters. The normalized spacial score (nSPS) is 14.0. The second-order valence-electron chi connectivity index (χ2n) is 9.67. The van der Waals surface area contributed by atoms with Crippen LogP contribution in [-0.4, -0.2) is 73.1 Å². The number of rotatable bonds is 6. The van der Waals surface area contributed by atoms with Crippen molar-refractivity contribution in [2.24, 2.45) is 0 Å². The molecule has 0 saturated carbocycles. The van der Waals surface area contributed by atoms with Crippen LogP contribution in [0.4, 0.5) is 5.69 Å². The van der Waals surface area contributed by atoms with Crippen LogP contribution < -0.4 is 10.2 Å². The highest BCUT2D eigenvalue weighted by molar-refractivity contribution is 5.90. The number of anilines is 1. The van der Waals surface area contributed by atoms with Crippen LogP contribution in [0.2, 0.25) is 0 Å². The Balaban J connectivity index is 1.45. The van der Waals surface area contributed by atoms with Crippen LogP contribution in [0.3, 0.4) is 0 Å². The van der Waals surface area contributed by atoms with Gasteiger partial charge in [-0.25, -0.2) is 9.97 Å². The van der Waals surface area contributed by atoms with Crippen molar-refractivity contribution in [3.63, 3.8) is 0 Å². The topological polar surface area (TPSA) is 122 Å². The smallest absolute Gasteiger partial charge is 0.293 e. The van der Waals surface area contributed by atoms with Crippen molar-refractivity contribution < 1.29 is 9.59 Å². The molecule has 1 fully saturated rings. The number of tetrazole rings is 1. The van der Waals surface area contributed by atoms with Gasteiger partial charge in [0.1, 0.15) is 6.33 Å². The monoisotopic (exact) mass is 489 g/mol. The molecular formula is C25H31N9O2. The van der Waals surface area contributed by atoms with Crippen LogP contribution in [0.25, 0.3) is 11.3 Å². The first-order valence-electron chi connectivity index (χ1n) is 11.8. The summed E-state index contributed by atoms with van der Waals surface area (Å²) in [4.78, 5) is 38.6. The average molecular weight is 490 g/mol. The number of hydrogen-bond acceptors (Lipinski definition) is 8. The van der Waals surface area contributed by atoms with E-state index in [4.69, 9.17) is 0 Å². The fourth-order valence-corrected chi connectivity index (χ4v) is 3.96. The number of benzene rings is 1. The fourth-order valence-electron chi connectivity index (χ4n) is 3.96. The van der Waals surface area contributed by atoms with Crippen LogP contribution in [0.15, 0.2) is 43.4 Å². The number of piperazine rings is 1. The van der Waals surface area contributed by atoms with E-state index in [0.29, 0.717) is 32.7 Å². The molecule has 1 aliphatic rings. The van der Waals surface area contributed by atoms with E-state index in [2.05, 4.69) is 48.2 Å². The molecule has 1 aliphatic heterocycles. The molecule has 2 amide bonds. The van der Waals surface area contributed by atoms with Crippen molar-refractivity contribution in [2.45, 2.75) is 39.8 Å². The molecular weight excluding hydrogens is 458 g/mol. The maximum absolute atomic E-state index is 12.5. The van der Waals surface area contributed by atoms with Gasteiger partial charge < -0.3 is 15.1 Å². The first-order chi connectivity index (χ1) is 17.2. The standard InChI is InChI=1S/C25H31N9O2/c1-6-21(35)33-11-9-32(10-12-33)20-15-26-16-28-22(20)18-7-8-19(17(2)13-18)14-27-24(36)23-29-31-34(30-23)25(3,4)5/h6-8,13,15-16H,1,9-12,14H2,2-5H3,(H,27,36). The maximum atomic E-state index is 12.5. The van der Waals surface area contributed by atoms with Crippen LogP contribution >= 0.6 is 0 Å². The van der Waals surface area contributed by atoms with Gasteiger partial charge in [-0.15, -0.1) is 10.2 Å². The van der Waals surface area contributed by atoms with Crippen molar-refractivity contribution in [2.75, 3.05) is 31.1 Å². The summed E-state index contributed by atoms with van der Waals surface area (Å²) < 4.78 is 0. The Labute approximate surface area is 210 Å². The van der Waals surface area contributed by atoms with Gasteiger partial charge in [-0.3, -0.25) is 9.59 Å². The van der Waals surface area contributed by atoms with E-state index in [1.165, 1.54) is 17.2 Å². The summed E-state index contributed by atoms with van der Waals surface area (Å²) >= 11 is 0. The molecule has 3 aromatic rings. The first-order valence-corrected chi connectivity index (χ1v) is 11.8. The summed E-state index contributed by atoms with van der Waals surface area (Å²) in [6, 6.07) is 6.03. The van der Waals surface area contributed by atoms with Crippen molar-refractivity contribution in [1.82, 2.24) is 40.4 Å². The van der Waals surface area contributed by atoms with E-state index in [0.717, 1.165) is 28.1 Å². The number of carbonyl (C=O) groups is 2. The molecule has 1 saturated heterocycles. The molecule has 4 rings (SSSR count). The highest BCUT2D eigenvalue weighted by Gasteiger charge is 2.23. The Kier molecular flexibility index (Phi) is 7.09. The van der Waals surface area contributed by atoms with Crippen molar-refractivity contribution in [3.8, 4) is 11.3 Å². The van der Waals surface area contributed by atoms with E-state index < -0.39 is 0 Å². The number of hydrogen-bond donors (Lipinski definition) is 1. The Hall–Kier alpha value is -4.15. The number of amides is 2. The number of aryl methyl sites for hydroxylation is 1. The molecule has 0 atom stereocenters. The lowest BCUT2D eigenvalue weighted by Crippen LogP contribution is -2.48. The predicted molar refractivity (Wildman–Crippen MR) is 135 cm³/mol. The number of aromatic nitrogens is 6. The minimum Gasteiger partial charge on any atom is -0.365 e. The highest BCUT2D eigenvalue weighted by Crippen LogP contribution is 2.30. The molecule has 11 nitrogen and oxygen atoms in total. The quantitative estimate of drug-likeness (QED) is 0.522. The summed E-state index contributed by atoms with van der Waals surface area (Å²) in [5.74, 6) is -0.382. The minimum absolute atomic E-state index is 0.0414. The molecule has 0 bridgehead atoms. The maximum Gasteiger partial charge on any atom is 0.293 e. The van der Waals surface area contributed by atoms with E-state index in [-0.39, 0.29) is 23.2 Å². The third-order valence-corrected chi connectivity index (χ3v) is 6.07. The average Bonchev–Trinajstić information content (AvgIpc) is 3.39. The highest BCUT2D eigenvalue weighted by atomic mass is 16.2. The van der Waals surface area contributed by atoms with Gasteiger partial charge in [0.25, 0.3) is 11.7 Å². The SMILES string of the molecule is C=CC(=O)N1CCN(c2cncnc2-c2ccc(CNC(=O)c3nnn(C(C)(C)C)n3)c(C)c2)CC1. The third kappa shape index (κ3) is 5.40. The van der Waals surface area contributed by atoms with Gasteiger partial charge in [-0.2, -0.15) is 4.80 Å². The van der Waals surface area contributed by atoms with Gasteiger partial charge in [-0.05, 0) is 56.2 Å². The summed E-state index contributed by atoms with van der Waals surface area (Å²) in [5, 5.41) is 14.9. The predicted octanol–water partition coefficient (Wildman–Crippen LogP) is 1.96. The molecule has 36 heavy (non-hydrogen) atoms. The molecule has 11 heteroatoms. The Morgan fingerprint density at radius 2 is 1.92 bits per heavy atom. The summed E-state index contributed by atoms with van der Waals surface area (Å²) in [6.45, 7) is 14.3. The lowest BCUT2D eigenvalue weighted by molar-refractivity contribution is -0.126. The lowest BCUT2D eigenvalue weighted by Gasteiger charge is -2.36. The third-order valence-electron chi connectivity index (χ3n) is 6.07. The number of carbonyl (C=O) groups excluding carboxylic acids is 2. The van der Waals surface area contributed by atoms with Crippen molar-refractivity contribution in [3.05, 3.63) is 60.3 Å². The molecule has 0 spiro atoms. The molecule has 3 heterocycles. The second kappa shape index (κ2) is 10.2. The Morgan fingerprint density at radius 1 is 1.17 bits per heavy atom. The molecule has 1 aromatic carbocycles. The fraction of sp³-hybridized carbons (Fsp3) is 0.400. The van der Waals surface area contributed by atoms with Gasteiger partial charge in [0.2, 0.25) is 5.91 Å². The Morgan fingerprint density at radius 3 is 2.56 bits per heavy atom. The second-order valence-corrected chi connectivity index (χ2v) is 9.67. The molecule has 1 N–H and O–H groups in total. The van der Waals surface area contributed by atoms with E-state index in [9.17, 15) is 9.59 Å². The molecule has 0 radical (unpaired) electrons. The molecule has 0 aliphatic carbocycles. The molecule has 2 aromatic heterocycles. The molecule has 188 valence electrons. The van der Waals surface area contributed by atoms with E-state index in [1.807, 2.05) is 46.0 Å². The lowest BCUT2D eigenvalue weighted by atomic mass is 10.0. The van der Waals surface area contributed by atoms with Gasteiger partial charge in [0.15, 0.2) is 0 Å². The van der Waals surface area contributed by atoms with Crippen LogP contribution in [0.5, 0.6) is 0 Å². The summed E-state index contributed by atoms with van der Waals surface area (Å²) in [5.41, 5.74) is 4.35. The van der Waals surface area contributed by atoms with Crippen LogP contribution in [-0.2, 0) is 16.9 Å². The van der Waals surface area contributed by atoms with E-state index >= 15 is 0 Å². The van der Waals surface area contributed by atoms with Crippen molar-refractivity contribution >= 4 is 17.5 Å². The van der Waals surface area contributed by atoms with Gasteiger partial charge >= 0.3 is 0 Å². The summed E-state index contributed by atoms with van der Waals surface area (Å²) in [7, 11) is 0. The van der Waals surface area contributed by atoms with Crippen LogP contribution in [0.1, 0.15) is 42.5 Å². The minimum atomic E-state index is -0.374. The number of nitrogens with zero attached hydrogens (tertiary/aromatic N) is 8. The summed E-state index contributed by atoms with van der Waals surface area (Å²) in [6.07, 6.45) is 4.71. The zero-order valence-electron chi connectivity index (χ0n) is 21.1. The van der Waals surface area contributed by atoms with Crippen molar-refractivity contribution in [1.29, 1.82) is 0 Å². The first kappa shape index (κ1) is 25.0. The zero-order chi connectivity index (χ0) is 25.9. The van der Waals surface area contributed by atoms with Gasteiger partial charge in [-0.1, -0.05) is 18.7 Å². The zero-order valence-corrected chi connectivity index (χ0v) is 21.1. The van der Waals surface area contributed by atoms with Gasteiger partial charge in [0.05, 0.1) is 23.1 Å². The van der Waals surface area contributed by atoms with Crippen LogP contribution in [0, 0.1) is 6.92 Å².